The molecule has 2 N–H and O–H groups in total. The van der Waals surface area contributed by atoms with Crippen molar-refractivity contribution in [3.8, 4) is 0 Å². The van der Waals surface area contributed by atoms with Crippen LogP contribution in [0.3, 0.4) is 0 Å². The number of hydrogen-bond acceptors (Lipinski definition) is 4. The zero-order valence-corrected chi connectivity index (χ0v) is 14.5. The Balaban J connectivity index is 2.06. The van der Waals surface area contributed by atoms with Crippen molar-refractivity contribution in [3.63, 3.8) is 0 Å². The van der Waals surface area contributed by atoms with Gasteiger partial charge in [0.15, 0.2) is 0 Å². The number of hydrogen-bond donors (Lipinski definition) is 2. The molecular weight excluding hydrogens is 304 g/mol. The van der Waals surface area contributed by atoms with Crippen molar-refractivity contribution in [1.82, 2.24) is 10.0 Å². The highest BCUT2D eigenvalue weighted by atomic mass is 32.2. The van der Waals surface area contributed by atoms with Gasteiger partial charge in [-0.05, 0) is 36.8 Å². The summed E-state index contributed by atoms with van der Waals surface area (Å²) < 4.78 is 28.1. The Labute approximate surface area is 132 Å². The summed E-state index contributed by atoms with van der Waals surface area (Å²) in [5.41, 5.74) is 0. The average Bonchev–Trinajstić information content (AvgIpc) is 2.94. The molecule has 2 unspecified atom stereocenters. The van der Waals surface area contributed by atoms with Gasteiger partial charge in [-0.2, -0.15) is 0 Å². The largest absolute Gasteiger partial charge is 0.312 e. The van der Waals surface area contributed by atoms with Crippen molar-refractivity contribution >= 4 is 21.4 Å². The van der Waals surface area contributed by atoms with E-state index in [4.69, 9.17) is 0 Å². The van der Waals surface area contributed by atoms with Gasteiger partial charge in [-0.3, -0.25) is 0 Å². The monoisotopic (exact) mass is 330 g/mol. The standard InChI is InChI=1S/C15H26N2O2S2/c1-3-12-6-5-7-13(10-12)17-21(18,19)15-8-9-20-14(15)11-16-4-2/h8-9,12-13,16-17H,3-7,10-11H2,1-2H3. The van der Waals surface area contributed by atoms with Crippen LogP contribution in [0.2, 0.25) is 0 Å². The molecule has 1 aliphatic carbocycles. The van der Waals surface area contributed by atoms with E-state index in [1.807, 2.05) is 12.3 Å². The van der Waals surface area contributed by atoms with Crippen LogP contribution in [0.25, 0.3) is 0 Å². The first-order valence-corrected chi connectivity index (χ1v) is 10.2. The maximum absolute atomic E-state index is 12.6. The van der Waals surface area contributed by atoms with Gasteiger partial charge >= 0.3 is 0 Å². The van der Waals surface area contributed by atoms with Crippen LogP contribution < -0.4 is 10.0 Å². The van der Waals surface area contributed by atoms with Gasteiger partial charge in [-0.1, -0.05) is 33.1 Å². The molecule has 120 valence electrons. The SMILES string of the molecule is CCNCc1sccc1S(=O)(=O)NC1CCCC(CC)C1. The molecule has 21 heavy (non-hydrogen) atoms. The molecule has 1 heterocycles. The van der Waals surface area contributed by atoms with E-state index >= 15 is 0 Å². The fourth-order valence-electron chi connectivity index (χ4n) is 2.99. The van der Waals surface area contributed by atoms with Gasteiger partial charge in [-0.25, -0.2) is 13.1 Å². The lowest BCUT2D eigenvalue weighted by Gasteiger charge is -2.28. The Kier molecular flexibility index (Phi) is 6.22. The Morgan fingerprint density at radius 2 is 2.14 bits per heavy atom. The molecule has 0 aliphatic heterocycles. The lowest BCUT2D eigenvalue weighted by atomic mass is 9.85. The van der Waals surface area contributed by atoms with E-state index in [0.717, 1.165) is 37.1 Å². The summed E-state index contributed by atoms with van der Waals surface area (Å²) in [5.74, 6) is 0.662. The van der Waals surface area contributed by atoms with Crippen LogP contribution >= 0.6 is 11.3 Å². The molecule has 2 rings (SSSR count). The Hall–Kier alpha value is -0.430. The third-order valence-corrected chi connectivity index (χ3v) is 6.87. The molecular formula is C15H26N2O2S2. The summed E-state index contributed by atoms with van der Waals surface area (Å²) in [6, 6.07) is 1.82. The van der Waals surface area contributed by atoms with Crippen LogP contribution in [0, 0.1) is 5.92 Å². The van der Waals surface area contributed by atoms with E-state index in [1.54, 1.807) is 6.07 Å². The van der Waals surface area contributed by atoms with Gasteiger partial charge in [0.25, 0.3) is 0 Å². The van der Waals surface area contributed by atoms with Crippen LogP contribution in [0.5, 0.6) is 0 Å². The predicted octanol–water partition coefficient (Wildman–Crippen LogP) is 3.10. The first kappa shape index (κ1) is 16.9. The zero-order chi connectivity index (χ0) is 15.3. The van der Waals surface area contributed by atoms with Crippen LogP contribution in [0.15, 0.2) is 16.3 Å². The van der Waals surface area contributed by atoms with E-state index in [2.05, 4.69) is 17.0 Å². The number of thiophene rings is 1. The van der Waals surface area contributed by atoms with Gasteiger partial charge in [0.05, 0.1) is 4.90 Å². The number of rotatable bonds is 7. The highest BCUT2D eigenvalue weighted by molar-refractivity contribution is 7.89. The third-order valence-electron chi connectivity index (χ3n) is 4.21. The summed E-state index contributed by atoms with van der Waals surface area (Å²) >= 11 is 1.50. The molecule has 0 spiro atoms. The second-order valence-corrected chi connectivity index (χ2v) is 8.43. The molecule has 1 aromatic heterocycles. The van der Waals surface area contributed by atoms with E-state index in [0.29, 0.717) is 17.4 Å². The molecule has 1 aliphatic rings. The summed E-state index contributed by atoms with van der Waals surface area (Å²) in [7, 11) is -3.39. The smallest absolute Gasteiger partial charge is 0.241 e. The average molecular weight is 331 g/mol. The molecule has 0 amide bonds. The molecule has 1 fully saturated rings. The van der Waals surface area contributed by atoms with Gasteiger partial charge in [-0.15, -0.1) is 11.3 Å². The summed E-state index contributed by atoms with van der Waals surface area (Å²) in [5, 5.41) is 5.06. The first-order chi connectivity index (χ1) is 10.1. The minimum absolute atomic E-state index is 0.0978. The minimum atomic E-state index is -3.39. The molecule has 4 nitrogen and oxygen atoms in total. The minimum Gasteiger partial charge on any atom is -0.312 e. The quantitative estimate of drug-likeness (QED) is 0.807. The fraction of sp³-hybridized carbons (Fsp3) is 0.733. The first-order valence-electron chi connectivity index (χ1n) is 7.86. The summed E-state index contributed by atoms with van der Waals surface area (Å²) in [6.07, 6.45) is 5.44. The van der Waals surface area contributed by atoms with Crippen LogP contribution in [-0.4, -0.2) is 21.0 Å². The van der Waals surface area contributed by atoms with E-state index in [9.17, 15) is 8.42 Å². The van der Waals surface area contributed by atoms with Gasteiger partial charge in [0.1, 0.15) is 0 Å². The van der Waals surface area contributed by atoms with Crippen LogP contribution in [0.4, 0.5) is 0 Å². The van der Waals surface area contributed by atoms with Gasteiger partial charge < -0.3 is 5.32 Å². The van der Waals surface area contributed by atoms with E-state index < -0.39 is 10.0 Å². The van der Waals surface area contributed by atoms with Crippen molar-refractivity contribution < 1.29 is 8.42 Å². The Bertz CT molecular complexity index is 540. The highest BCUT2D eigenvalue weighted by Crippen LogP contribution is 2.28. The predicted molar refractivity (Wildman–Crippen MR) is 88.1 cm³/mol. The number of nitrogens with one attached hydrogen (secondary N) is 2. The molecule has 1 aromatic rings. The summed E-state index contributed by atoms with van der Waals surface area (Å²) in [4.78, 5) is 1.35. The molecule has 2 atom stereocenters. The molecule has 6 heteroatoms. The molecule has 0 bridgehead atoms. The molecule has 0 saturated heterocycles. The van der Waals surface area contributed by atoms with Crippen molar-refractivity contribution in [2.24, 2.45) is 5.92 Å². The molecule has 1 saturated carbocycles. The van der Waals surface area contributed by atoms with E-state index in [1.165, 1.54) is 17.8 Å². The normalized spacial score (nSPS) is 23.3. The Morgan fingerprint density at radius 3 is 2.86 bits per heavy atom. The summed E-state index contributed by atoms with van der Waals surface area (Å²) in [6.45, 7) is 5.67. The van der Waals surface area contributed by atoms with E-state index in [-0.39, 0.29) is 6.04 Å². The second kappa shape index (κ2) is 7.72. The van der Waals surface area contributed by atoms with Crippen LogP contribution in [0.1, 0.15) is 50.8 Å². The lowest BCUT2D eigenvalue weighted by Crippen LogP contribution is -2.38. The van der Waals surface area contributed by atoms with Crippen molar-refractivity contribution in [2.45, 2.75) is 63.4 Å². The lowest BCUT2D eigenvalue weighted by molar-refractivity contribution is 0.301. The molecule has 0 aromatic carbocycles. The van der Waals surface area contributed by atoms with Crippen LogP contribution in [-0.2, 0) is 16.6 Å². The van der Waals surface area contributed by atoms with Gasteiger partial charge in [0, 0.05) is 17.5 Å². The maximum Gasteiger partial charge on any atom is 0.241 e. The third kappa shape index (κ3) is 4.52. The topological polar surface area (TPSA) is 58.2 Å². The van der Waals surface area contributed by atoms with Crippen molar-refractivity contribution in [3.05, 3.63) is 16.3 Å². The zero-order valence-electron chi connectivity index (χ0n) is 12.9. The van der Waals surface area contributed by atoms with Gasteiger partial charge in [0.2, 0.25) is 10.0 Å². The maximum atomic E-state index is 12.6. The highest BCUT2D eigenvalue weighted by Gasteiger charge is 2.27. The number of sulfonamides is 1. The Morgan fingerprint density at radius 1 is 1.33 bits per heavy atom. The van der Waals surface area contributed by atoms with Crippen molar-refractivity contribution in [1.29, 1.82) is 0 Å². The van der Waals surface area contributed by atoms with Crippen molar-refractivity contribution in [2.75, 3.05) is 6.54 Å². The molecule has 0 radical (unpaired) electrons. The second-order valence-electron chi connectivity index (χ2n) is 5.75. The fourth-order valence-corrected chi connectivity index (χ4v) is 5.68.